The largest absolute Gasteiger partial charge is 0.462 e. The topological polar surface area (TPSA) is 113 Å². The fraction of sp³-hybridized carbons (Fsp3) is 0.450. The van der Waals surface area contributed by atoms with Crippen LogP contribution in [0.3, 0.4) is 0 Å². The van der Waals surface area contributed by atoms with Crippen molar-refractivity contribution < 1.29 is 23.9 Å². The summed E-state index contributed by atoms with van der Waals surface area (Å²) in [6.45, 7) is 8.14. The highest BCUT2D eigenvalue weighted by molar-refractivity contribution is 6.37. The van der Waals surface area contributed by atoms with Gasteiger partial charge in [0.2, 0.25) is 0 Å². The van der Waals surface area contributed by atoms with Crippen molar-refractivity contribution in [2.24, 2.45) is 0 Å². The van der Waals surface area contributed by atoms with Gasteiger partial charge in [0.15, 0.2) is 0 Å². The van der Waals surface area contributed by atoms with E-state index in [1.54, 1.807) is 26.0 Å². The van der Waals surface area contributed by atoms with Crippen molar-refractivity contribution in [2.75, 3.05) is 44.7 Å². The Hall–Kier alpha value is -2.91. The van der Waals surface area contributed by atoms with Crippen molar-refractivity contribution >= 4 is 34.4 Å². The number of nitrogens with zero attached hydrogens (tertiary/aromatic N) is 1. The Morgan fingerprint density at radius 3 is 2.52 bits per heavy atom. The maximum atomic E-state index is 12.5. The molecule has 1 amide bonds. The van der Waals surface area contributed by atoms with Crippen LogP contribution < -0.4 is 10.6 Å². The van der Waals surface area contributed by atoms with Crippen molar-refractivity contribution in [1.82, 2.24) is 15.2 Å². The predicted molar refractivity (Wildman–Crippen MR) is 108 cm³/mol. The molecule has 29 heavy (non-hydrogen) atoms. The molecule has 1 aromatic carbocycles. The number of benzene rings is 1. The number of rotatable bonds is 6. The third kappa shape index (κ3) is 4.93. The third-order valence-corrected chi connectivity index (χ3v) is 4.71. The van der Waals surface area contributed by atoms with E-state index in [1.807, 2.05) is 6.20 Å². The molecule has 9 heteroatoms. The van der Waals surface area contributed by atoms with Crippen molar-refractivity contribution in [1.29, 1.82) is 0 Å². The normalized spacial score (nSPS) is 14.6. The molecule has 0 atom stereocenters. The number of hydrogen-bond acceptors (Lipinski definition) is 7. The maximum Gasteiger partial charge on any atom is 0.397 e. The fourth-order valence-electron chi connectivity index (χ4n) is 3.32. The molecule has 0 radical (unpaired) electrons. The van der Waals surface area contributed by atoms with Gasteiger partial charge in [-0.2, -0.15) is 0 Å². The molecule has 3 N–H and O–H groups in total. The van der Waals surface area contributed by atoms with Gasteiger partial charge in [-0.15, -0.1) is 0 Å². The zero-order valence-electron chi connectivity index (χ0n) is 16.7. The molecule has 1 saturated heterocycles. The highest BCUT2D eigenvalue weighted by Gasteiger charge is 2.22. The molecule has 0 aliphatic carbocycles. The third-order valence-electron chi connectivity index (χ3n) is 4.71. The van der Waals surface area contributed by atoms with Gasteiger partial charge < -0.3 is 25.1 Å². The van der Waals surface area contributed by atoms with Gasteiger partial charge in [0.1, 0.15) is 0 Å². The molecular weight excluding hydrogens is 376 g/mol. The number of amides is 1. The fourth-order valence-corrected chi connectivity index (χ4v) is 3.32. The minimum atomic E-state index is -1.01. The molecule has 2 heterocycles. The Kier molecular flexibility index (Phi) is 6.84. The lowest BCUT2D eigenvalue weighted by atomic mass is 10.1. The molecule has 3 rings (SSSR count). The molecule has 1 aliphatic rings. The molecule has 1 fully saturated rings. The molecule has 0 bridgehead atoms. The van der Waals surface area contributed by atoms with E-state index in [4.69, 9.17) is 9.47 Å². The summed E-state index contributed by atoms with van der Waals surface area (Å²) in [5, 5.41) is 6.66. The van der Waals surface area contributed by atoms with Crippen molar-refractivity contribution in [3.8, 4) is 0 Å². The average Bonchev–Trinajstić information content (AvgIpc) is 3.10. The van der Waals surface area contributed by atoms with Crippen LogP contribution >= 0.6 is 0 Å². The van der Waals surface area contributed by atoms with Crippen LogP contribution in [0.5, 0.6) is 0 Å². The van der Waals surface area contributed by atoms with E-state index >= 15 is 0 Å². The standard InChI is InChI=1S/C20H26N4O5/c1-3-28-19(26)15-9-14-13(12-24-7-5-21-6-8-24)11-22-16(14)10-17(15)23-18(25)20(27)29-4-2/h9-11,21-22H,3-8,12H2,1-2H3,(H,23,25). The van der Waals surface area contributed by atoms with Gasteiger partial charge >= 0.3 is 17.8 Å². The quantitative estimate of drug-likeness (QED) is 0.492. The van der Waals surface area contributed by atoms with E-state index in [0.29, 0.717) is 0 Å². The van der Waals surface area contributed by atoms with E-state index in [1.165, 1.54) is 0 Å². The van der Waals surface area contributed by atoms with Crippen LogP contribution in [0, 0.1) is 0 Å². The smallest absolute Gasteiger partial charge is 0.397 e. The van der Waals surface area contributed by atoms with Crippen LogP contribution in [-0.2, 0) is 25.6 Å². The van der Waals surface area contributed by atoms with Gasteiger partial charge in [0.05, 0.1) is 24.5 Å². The Morgan fingerprint density at radius 2 is 1.83 bits per heavy atom. The Bertz CT molecular complexity index is 902. The first-order valence-corrected chi connectivity index (χ1v) is 9.75. The number of aromatic nitrogens is 1. The van der Waals surface area contributed by atoms with Crippen molar-refractivity contribution in [2.45, 2.75) is 20.4 Å². The second kappa shape index (κ2) is 9.53. The summed E-state index contributed by atoms with van der Waals surface area (Å²) in [6, 6.07) is 3.34. The first kappa shape index (κ1) is 20.8. The van der Waals surface area contributed by atoms with Gasteiger partial charge in [0, 0.05) is 49.8 Å². The predicted octanol–water partition coefficient (Wildman–Crippen LogP) is 1.25. The number of ether oxygens (including phenoxy) is 2. The number of hydrogen-bond donors (Lipinski definition) is 3. The van der Waals surface area contributed by atoms with Gasteiger partial charge in [-0.25, -0.2) is 9.59 Å². The molecule has 1 aliphatic heterocycles. The van der Waals surface area contributed by atoms with E-state index in [-0.39, 0.29) is 24.5 Å². The van der Waals surface area contributed by atoms with Crippen LogP contribution in [0.1, 0.15) is 29.8 Å². The number of piperazine rings is 1. The minimum Gasteiger partial charge on any atom is -0.462 e. The van der Waals surface area contributed by atoms with Crippen molar-refractivity contribution in [3.63, 3.8) is 0 Å². The maximum absolute atomic E-state index is 12.5. The van der Waals surface area contributed by atoms with Gasteiger partial charge in [0.25, 0.3) is 0 Å². The summed E-state index contributed by atoms with van der Waals surface area (Å²) < 4.78 is 9.85. The first-order chi connectivity index (χ1) is 14.0. The van der Waals surface area contributed by atoms with Gasteiger partial charge in [-0.3, -0.25) is 9.69 Å². The minimum absolute atomic E-state index is 0.0853. The summed E-state index contributed by atoms with van der Waals surface area (Å²) in [6.07, 6.45) is 1.90. The highest BCUT2D eigenvalue weighted by Crippen LogP contribution is 2.28. The molecule has 1 aromatic heterocycles. The number of H-pyrrole nitrogens is 1. The number of fused-ring (bicyclic) bond motifs is 1. The molecule has 156 valence electrons. The summed E-state index contributed by atoms with van der Waals surface area (Å²) in [5.74, 6) is -2.51. The number of anilines is 1. The Balaban J connectivity index is 1.93. The molecule has 9 nitrogen and oxygen atoms in total. The molecule has 2 aromatic rings. The monoisotopic (exact) mass is 402 g/mol. The van der Waals surface area contributed by atoms with E-state index in [9.17, 15) is 14.4 Å². The second-order valence-corrected chi connectivity index (χ2v) is 6.68. The Morgan fingerprint density at radius 1 is 1.10 bits per heavy atom. The number of esters is 2. The molecular formula is C20H26N4O5. The molecule has 0 saturated carbocycles. The van der Waals surface area contributed by atoms with Crippen LogP contribution in [0.4, 0.5) is 5.69 Å². The molecule has 0 spiro atoms. The lowest BCUT2D eigenvalue weighted by Gasteiger charge is -2.26. The number of carbonyl (C=O) groups excluding carboxylic acids is 3. The number of carbonyl (C=O) groups is 3. The zero-order valence-corrected chi connectivity index (χ0v) is 16.7. The van der Waals surface area contributed by atoms with E-state index in [0.717, 1.165) is 49.2 Å². The summed E-state index contributed by atoms with van der Waals surface area (Å²) in [4.78, 5) is 41.8. The number of nitrogens with one attached hydrogen (secondary N) is 3. The average molecular weight is 402 g/mol. The summed E-state index contributed by atoms with van der Waals surface area (Å²) in [7, 11) is 0. The SMILES string of the molecule is CCOC(=O)C(=O)Nc1cc2[nH]cc(CN3CCNCC3)c2cc1C(=O)OCC. The lowest BCUT2D eigenvalue weighted by molar-refractivity contribution is -0.152. The van der Waals surface area contributed by atoms with Crippen LogP contribution in [0.25, 0.3) is 10.9 Å². The first-order valence-electron chi connectivity index (χ1n) is 9.75. The second-order valence-electron chi connectivity index (χ2n) is 6.68. The van der Waals surface area contributed by atoms with Gasteiger partial charge in [-0.1, -0.05) is 0 Å². The van der Waals surface area contributed by atoms with E-state index < -0.39 is 17.8 Å². The summed E-state index contributed by atoms with van der Waals surface area (Å²) >= 11 is 0. The van der Waals surface area contributed by atoms with Gasteiger partial charge in [-0.05, 0) is 31.5 Å². The summed E-state index contributed by atoms with van der Waals surface area (Å²) in [5.41, 5.74) is 2.20. The lowest BCUT2D eigenvalue weighted by Crippen LogP contribution is -2.42. The van der Waals surface area contributed by atoms with Crippen LogP contribution in [-0.4, -0.2) is 67.1 Å². The Labute approximate surface area is 168 Å². The van der Waals surface area contributed by atoms with Crippen molar-refractivity contribution in [3.05, 3.63) is 29.5 Å². The van der Waals surface area contributed by atoms with E-state index in [2.05, 4.69) is 20.5 Å². The highest BCUT2D eigenvalue weighted by atomic mass is 16.5. The number of aromatic amines is 1. The molecule has 0 unspecified atom stereocenters. The van der Waals surface area contributed by atoms with Crippen LogP contribution in [0.15, 0.2) is 18.3 Å². The zero-order chi connectivity index (χ0) is 20.8. The van der Waals surface area contributed by atoms with Crippen LogP contribution in [0.2, 0.25) is 0 Å².